The van der Waals surface area contributed by atoms with Crippen molar-refractivity contribution in [3.8, 4) is 0 Å². The summed E-state index contributed by atoms with van der Waals surface area (Å²) in [5.41, 5.74) is 1.89. The van der Waals surface area contributed by atoms with Crippen molar-refractivity contribution in [2.24, 2.45) is 0 Å². The Balaban J connectivity index is 1.59. The molecule has 6 heteroatoms. The molecule has 2 aromatic rings. The normalized spacial score (nSPS) is 15.9. The Labute approximate surface area is 154 Å². The van der Waals surface area contributed by atoms with Crippen LogP contribution in [0.3, 0.4) is 0 Å². The number of hydrogen-bond acceptors (Lipinski definition) is 3. The molecular formula is C20H24N2O3S. The van der Waals surface area contributed by atoms with Gasteiger partial charge in [0, 0.05) is 6.42 Å². The standard InChI is InChI=1S/C20H24N2O3S/c1-21-26(24,25)18-11-8-16(9-12-18)10-13-19(23)22-20(14-5-15-20)17-6-3-2-4-7-17/h2-4,6-9,11-12,21H,5,10,13-15H2,1H3,(H,22,23). The number of nitrogens with one attached hydrogen (secondary N) is 2. The highest BCUT2D eigenvalue weighted by Crippen LogP contribution is 2.41. The molecule has 1 amide bonds. The molecule has 0 atom stereocenters. The summed E-state index contributed by atoms with van der Waals surface area (Å²) in [7, 11) is -2.04. The van der Waals surface area contributed by atoms with Crippen molar-refractivity contribution in [3.63, 3.8) is 0 Å². The molecule has 0 aromatic heterocycles. The first-order chi connectivity index (χ1) is 12.5. The minimum Gasteiger partial charge on any atom is -0.347 e. The maximum atomic E-state index is 12.5. The number of carbonyl (C=O) groups is 1. The third kappa shape index (κ3) is 3.97. The SMILES string of the molecule is CNS(=O)(=O)c1ccc(CCC(=O)NC2(c3ccccc3)CCC2)cc1. The Morgan fingerprint density at radius 2 is 1.69 bits per heavy atom. The maximum absolute atomic E-state index is 12.5. The zero-order chi connectivity index (χ0) is 18.6. The van der Waals surface area contributed by atoms with Gasteiger partial charge in [0.15, 0.2) is 0 Å². The second-order valence-electron chi connectivity index (χ2n) is 6.70. The first-order valence-electron chi connectivity index (χ1n) is 8.84. The minimum absolute atomic E-state index is 0.0282. The van der Waals surface area contributed by atoms with Gasteiger partial charge in [-0.15, -0.1) is 0 Å². The van der Waals surface area contributed by atoms with Crippen molar-refractivity contribution < 1.29 is 13.2 Å². The highest BCUT2D eigenvalue weighted by atomic mass is 32.2. The van der Waals surface area contributed by atoms with Crippen molar-refractivity contribution in [2.75, 3.05) is 7.05 Å². The van der Waals surface area contributed by atoms with E-state index in [0.29, 0.717) is 12.8 Å². The number of carbonyl (C=O) groups excluding carboxylic acids is 1. The Kier molecular flexibility index (Phi) is 5.44. The van der Waals surface area contributed by atoms with Crippen LogP contribution in [0.4, 0.5) is 0 Å². The van der Waals surface area contributed by atoms with Crippen LogP contribution in [0.5, 0.6) is 0 Å². The van der Waals surface area contributed by atoms with Gasteiger partial charge in [0.2, 0.25) is 15.9 Å². The highest BCUT2D eigenvalue weighted by molar-refractivity contribution is 7.89. The fraction of sp³-hybridized carbons (Fsp3) is 0.350. The molecule has 0 saturated heterocycles. The van der Waals surface area contributed by atoms with E-state index in [-0.39, 0.29) is 16.3 Å². The predicted octanol–water partition coefficient (Wildman–Crippen LogP) is 2.72. The van der Waals surface area contributed by atoms with E-state index in [1.54, 1.807) is 24.3 Å². The molecule has 1 aliphatic rings. The molecule has 0 spiro atoms. The van der Waals surface area contributed by atoms with Crippen molar-refractivity contribution >= 4 is 15.9 Å². The van der Waals surface area contributed by atoms with Gasteiger partial charge in [-0.2, -0.15) is 0 Å². The summed E-state index contributed by atoms with van der Waals surface area (Å²) >= 11 is 0. The lowest BCUT2D eigenvalue weighted by molar-refractivity contribution is -0.124. The number of amides is 1. The molecule has 0 aliphatic heterocycles. The van der Waals surface area contributed by atoms with Crippen molar-refractivity contribution in [1.82, 2.24) is 10.0 Å². The molecule has 0 unspecified atom stereocenters. The molecule has 1 fully saturated rings. The molecule has 26 heavy (non-hydrogen) atoms. The van der Waals surface area contributed by atoms with Crippen LogP contribution in [0.25, 0.3) is 0 Å². The fourth-order valence-electron chi connectivity index (χ4n) is 3.31. The van der Waals surface area contributed by atoms with Crippen molar-refractivity contribution in [2.45, 2.75) is 42.5 Å². The molecule has 2 N–H and O–H groups in total. The van der Waals surface area contributed by atoms with E-state index in [9.17, 15) is 13.2 Å². The first-order valence-corrected chi connectivity index (χ1v) is 10.3. The fourth-order valence-corrected chi connectivity index (χ4v) is 4.04. The van der Waals surface area contributed by atoms with Gasteiger partial charge in [-0.1, -0.05) is 42.5 Å². The van der Waals surface area contributed by atoms with Gasteiger partial charge in [-0.3, -0.25) is 4.79 Å². The molecule has 0 radical (unpaired) electrons. The molecule has 138 valence electrons. The van der Waals surface area contributed by atoms with Gasteiger partial charge in [0.25, 0.3) is 0 Å². The zero-order valence-corrected chi connectivity index (χ0v) is 15.7. The van der Waals surface area contributed by atoms with Crippen LogP contribution in [0, 0.1) is 0 Å². The lowest BCUT2D eigenvalue weighted by Crippen LogP contribution is -2.50. The molecule has 1 saturated carbocycles. The van der Waals surface area contributed by atoms with Gasteiger partial charge in [0.1, 0.15) is 0 Å². The number of aryl methyl sites for hydroxylation is 1. The predicted molar refractivity (Wildman–Crippen MR) is 101 cm³/mol. The van der Waals surface area contributed by atoms with E-state index >= 15 is 0 Å². The zero-order valence-electron chi connectivity index (χ0n) is 14.9. The van der Waals surface area contributed by atoms with Gasteiger partial charge >= 0.3 is 0 Å². The average Bonchev–Trinajstić information content (AvgIpc) is 2.64. The van der Waals surface area contributed by atoms with E-state index in [2.05, 4.69) is 22.2 Å². The van der Waals surface area contributed by atoms with E-state index in [1.165, 1.54) is 12.6 Å². The van der Waals surface area contributed by atoms with E-state index in [4.69, 9.17) is 0 Å². The Morgan fingerprint density at radius 3 is 2.23 bits per heavy atom. The molecule has 1 aliphatic carbocycles. The Bertz CT molecular complexity index is 858. The minimum atomic E-state index is -3.43. The van der Waals surface area contributed by atoms with Crippen molar-refractivity contribution in [1.29, 1.82) is 0 Å². The molecule has 2 aromatic carbocycles. The van der Waals surface area contributed by atoms with Crippen LogP contribution in [0.2, 0.25) is 0 Å². The lowest BCUT2D eigenvalue weighted by Gasteiger charge is -2.43. The largest absolute Gasteiger partial charge is 0.347 e. The lowest BCUT2D eigenvalue weighted by atomic mass is 9.71. The quantitative estimate of drug-likeness (QED) is 0.785. The molecule has 0 bridgehead atoms. The third-order valence-electron chi connectivity index (χ3n) is 5.06. The van der Waals surface area contributed by atoms with Crippen molar-refractivity contribution in [3.05, 3.63) is 65.7 Å². The topological polar surface area (TPSA) is 75.3 Å². The summed E-state index contributed by atoms with van der Waals surface area (Å²) in [6.07, 6.45) is 4.03. The molecular weight excluding hydrogens is 348 g/mol. The number of sulfonamides is 1. The summed E-state index contributed by atoms with van der Waals surface area (Å²) < 4.78 is 25.8. The van der Waals surface area contributed by atoms with Crippen LogP contribution >= 0.6 is 0 Å². The van der Waals surface area contributed by atoms with Crippen LogP contribution in [-0.2, 0) is 26.8 Å². The summed E-state index contributed by atoms with van der Waals surface area (Å²) in [5.74, 6) is 0.0282. The van der Waals surface area contributed by atoms with Gasteiger partial charge in [-0.05, 0) is 56.0 Å². The molecule has 5 nitrogen and oxygen atoms in total. The summed E-state index contributed by atoms with van der Waals surface area (Å²) in [5, 5.41) is 3.22. The van der Waals surface area contributed by atoms with Gasteiger partial charge < -0.3 is 5.32 Å². The third-order valence-corrected chi connectivity index (χ3v) is 6.49. The molecule has 3 rings (SSSR count). The van der Waals surface area contributed by atoms with Crippen LogP contribution < -0.4 is 10.0 Å². The van der Waals surface area contributed by atoms with Gasteiger partial charge in [0.05, 0.1) is 10.4 Å². The van der Waals surface area contributed by atoms with Crippen LogP contribution in [0.1, 0.15) is 36.8 Å². The number of hydrogen-bond donors (Lipinski definition) is 2. The number of rotatable bonds is 7. The summed E-state index contributed by atoms with van der Waals surface area (Å²) in [4.78, 5) is 12.7. The average molecular weight is 372 g/mol. The van der Waals surface area contributed by atoms with E-state index < -0.39 is 10.0 Å². The molecule has 0 heterocycles. The second kappa shape index (κ2) is 7.60. The van der Waals surface area contributed by atoms with Crippen LogP contribution in [-0.4, -0.2) is 21.4 Å². The van der Waals surface area contributed by atoms with E-state index in [0.717, 1.165) is 24.8 Å². The Hall–Kier alpha value is -2.18. The van der Waals surface area contributed by atoms with Gasteiger partial charge in [-0.25, -0.2) is 13.1 Å². The summed E-state index contributed by atoms with van der Waals surface area (Å²) in [6, 6.07) is 16.8. The number of benzene rings is 2. The Morgan fingerprint density at radius 1 is 1.04 bits per heavy atom. The first kappa shape index (κ1) is 18.6. The highest BCUT2D eigenvalue weighted by Gasteiger charge is 2.39. The van der Waals surface area contributed by atoms with Crippen LogP contribution in [0.15, 0.2) is 59.5 Å². The maximum Gasteiger partial charge on any atom is 0.240 e. The summed E-state index contributed by atoms with van der Waals surface area (Å²) in [6.45, 7) is 0. The monoisotopic (exact) mass is 372 g/mol. The van der Waals surface area contributed by atoms with E-state index in [1.807, 2.05) is 18.2 Å². The smallest absolute Gasteiger partial charge is 0.240 e. The second-order valence-corrected chi connectivity index (χ2v) is 8.59.